The number of rotatable bonds is 2. The van der Waals surface area contributed by atoms with Gasteiger partial charge in [-0.25, -0.2) is 9.37 Å². The van der Waals surface area contributed by atoms with Gasteiger partial charge in [0.25, 0.3) is 5.91 Å². The van der Waals surface area contributed by atoms with E-state index in [9.17, 15) is 9.18 Å². The predicted octanol–water partition coefficient (Wildman–Crippen LogP) is 2.54. The summed E-state index contributed by atoms with van der Waals surface area (Å²) >= 11 is 0. The zero-order chi connectivity index (χ0) is 14.1. The van der Waals surface area contributed by atoms with Crippen LogP contribution in [0.2, 0.25) is 0 Å². The highest BCUT2D eigenvalue weighted by Gasteiger charge is 2.31. The molecule has 104 valence electrons. The van der Waals surface area contributed by atoms with Crippen molar-refractivity contribution in [1.82, 2.24) is 14.5 Å². The lowest BCUT2D eigenvalue weighted by Crippen LogP contribution is -2.31. The molecule has 0 saturated carbocycles. The molecule has 1 aliphatic rings. The number of hydrogen-bond donors (Lipinski definition) is 0. The van der Waals surface area contributed by atoms with Gasteiger partial charge in [0.1, 0.15) is 11.5 Å². The molecule has 20 heavy (non-hydrogen) atoms. The van der Waals surface area contributed by atoms with E-state index in [2.05, 4.69) is 4.98 Å². The Kier molecular flexibility index (Phi) is 3.26. The number of benzene rings is 1. The Morgan fingerprint density at radius 2 is 2.10 bits per heavy atom. The third-order valence-corrected chi connectivity index (χ3v) is 3.80. The maximum atomic E-state index is 13.0. The Bertz CT molecular complexity index is 620. The molecule has 1 atom stereocenters. The summed E-state index contributed by atoms with van der Waals surface area (Å²) in [6, 6.07) is 6.43. The van der Waals surface area contributed by atoms with Crippen molar-refractivity contribution in [3.05, 3.63) is 53.9 Å². The Balaban J connectivity index is 1.87. The SMILES string of the molecule is Cn1cncc1C(=O)N1CCCC1c1ccc(F)cc1. The molecule has 1 saturated heterocycles. The van der Waals surface area contributed by atoms with Gasteiger partial charge in [0.05, 0.1) is 18.6 Å². The highest BCUT2D eigenvalue weighted by molar-refractivity contribution is 5.92. The first-order valence-corrected chi connectivity index (χ1v) is 6.69. The van der Waals surface area contributed by atoms with Gasteiger partial charge in [-0.15, -0.1) is 0 Å². The Morgan fingerprint density at radius 3 is 2.75 bits per heavy atom. The number of imidazole rings is 1. The van der Waals surface area contributed by atoms with Gasteiger partial charge >= 0.3 is 0 Å². The monoisotopic (exact) mass is 273 g/mol. The van der Waals surface area contributed by atoms with E-state index in [4.69, 9.17) is 0 Å². The van der Waals surface area contributed by atoms with Gasteiger partial charge in [0.2, 0.25) is 0 Å². The molecule has 1 fully saturated rings. The number of hydrogen-bond acceptors (Lipinski definition) is 2. The molecule has 0 radical (unpaired) electrons. The minimum atomic E-state index is -0.253. The lowest BCUT2D eigenvalue weighted by Gasteiger charge is -2.25. The molecule has 2 heterocycles. The molecule has 1 unspecified atom stereocenters. The van der Waals surface area contributed by atoms with Crippen LogP contribution in [0.25, 0.3) is 0 Å². The van der Waals surface area contributed by atoms with E-state index >= 15 is 0 Å². The summed E-state index contributed by atoms with van der Waals surface area (Å²) in [5.74, 6) is -0.270. The second kappa shape index (κ2) is 5.07. The molecular weight excluding hydrogens is 257 g/mol. The van der Waals surface area contributed by atoms with Crippen molar-refractivity contribution in [2.75, 3.05) is 6.54 Å². The van der Waals surface area contributed by atoms with Crippen molar-refractivity contribution < 1.29 is 9.18 Å². The lowest BCUT2D eigenvalue weighted by molar-refractivity contribution is 0.0726. The van der Waals surface area contributed by atoms with Gasteiger partial charge in [0, 0.05) is 13.6 Å². The van der Waals surface area contributed by atoms with Crippen molar-refractivity contribution in [2.24, 2.45) is 7.05 Å². The number of amides is 1. The van der Waals surface area contributed by atoms with Crippen molar-refractivity contribution >= 4 is 5.91 Å². The van der Waals surface area contributed by atoms with E-state index in [1.807, 2.05) is 11.9 Å². The number of nitrogens with zero attached hydrogens (tertiary/aromatic N) is 3. The number of aromatic nitrogens is 2. The van der Waals surface area contributed by atoms with E-state index < -0.39 is 0 Å². The fraction of sp³-hybridized carbons (Fsp3) is 0.333. The van der Waals surface area contributed by atoms with E-state index in [1.165, 1.54) is 12.1 Å². The standard InChI is InChI=1S/C15H16FN3O/c1-18-10-17-9-14(18)15(20)19-8-2-3-13(19)11-4-6-12(16)7-5-11/h4-7,9-10,13H,2-3,8H2,1H3. The number of carbonyl (C=O) groups is 1. The van der Waals surface area contributed by atoms with Crippen LogP contribution in [0, 0.1) is 5.82 Å². The summed E-state index contributed by atoms with van der Waals surface area (Å²) in [5.41, 5.74) is 1.57. The fourth-order valence-electron chi connectivity index (χ4n) is 2.75. The van der Waals surface area contributed by atoms with Gasteiger partial charge in [-0.2, -0.15) is 0 Å². The topological polar surface area (TPSA) is 38.1 Å². The van der Waals surface area contributed by atoms with Gasteiger partial charge in [-0.05, 0) is 30.5 Å². The summed E-state index contributed by atoms with van der Waals surface area (Å²) in [4.78, 5) is 18.4. The molecule has 1 aromatic carbocycles. The first-order chi connectivity index (χ1) is 9.66. The molecular formula is C15H16FN3O. The first-order valence-electron chi connectivity index (χ1n) is 6.69. The molecule has 1 amide bonds. The van der Waals surface area contributed by atoms with Crippen LogP contribution in [0.1, 0.15) is 34.9 Å². The molecule has 0 N–H and O–H groups in total. The van der Waals surface area contributed by atoms with Crippen LogP contribution in [0.15, 0.2) is 36.8 Å². The number of likely N-dealkylation sites (tertiary alicyclic amines) is 1. The summed E-state index contributed by atoms with van der Waals surface area (Å²) < 4.78 is 14.7. The molecule has 2 aromatic rings. The zero-order valence-corrected chi connectivity index (χ0v) is 11.3. The van der Waals surface area contributed by atoms with Crippen LogP contribution in [0.4, 0.5) is 4.39 Å². The van der Waals surface area contributed by atoms with Gasteiger partial charge in [-0.1, -0.05) is 12.1 Å². The van der Waals surface area contributed by atoms with Crippen molar-refractivity contribution in [3.63, 3.8) is 0 Å². The average molecular weight is 273 g/mol. The van der Waals surface area contributed by atoms with Crippen LogP contribution in [0.3, 0.4) is 0 Å². The van der Waals surface area contributed by atoms with Crippen LogP contribution >= 0.6 is 0 Å². The number of carbonyl (C=O) groups excluding carboxylic acids is 1. The van der Waals surface area contributed by atoms with Crippen LogP contribution in [0.5, 0.6) is 0 Å². The fourth-order valence-corrected chi connectivity index (χ4v) is 2.75. The zero-order valence-electron chi connectivity index (χ0n) is 11.3. The quantitative estimate of drug-likeness (QED) is 0.843. The predicted molar refractivity (Wildman–Crippen MR) is 72.6 cm³/mol. The summed E-state index contributed by atoms with van der Waals surface area (Å²) in [5, 5.41) is 0. The van der Waals surface area contributed by atoms with Gasteiger partial charge in [-0.3, -0.25) is 4.79 Å². The lowest BCUT2D eigenvalue weighted by atomic mass is 10.0. The third-order valence-electron chi connectivity index (χ3n) is 3.80. The molecule has 0 aliphatic carbocycles. The summed E-state index contributed by atoms with van der Waals surface area (Å²) in [6.45, 7) is 0.728. The van der Waals surface area contributed by atoms with Crippen LogP contribution < -0.4 is 0 Å². The minimum Gasteiger partial charge on any atom is -0.330 e. The molecule has 0 spiro atoms. The molecule has 0 bridgehead atoms. The summed E-state index contributed by atoms with van der Waals surface area (Å²) in [7, 11) is 1.81. The second-order valence-electron chi connectivity index (χ2n) is 5.10. The highest BCUT2D eigenvalue weighted by atomic mass is 19.1. The van der Waals surface area contributed by atoms with E-state index in [1.54, 1.807) is 29.2 Å². The largest absolute Gasteiger partial charge is 0.330 e. The first kappa shape index (κ1) is 12.8. The molecule has 1 aromatic heterocycles. The second-order valence-corrected chi connectivity index (χ2v) is 5.10. The normalized spacial score (nSPS) is 18.5. The molecule has 1 aliphatic heterocycles. The maximum absolute atomic E-state index is 13.0. The van der Waals surface area contributed by atoms with Crippen molar-refractivity contribution in [1.29, 1.82) is 0 Å². The van der Waals surface area contributed by atoms with E-state index in [-0.39, 0.29) is 17.8 Å². The van der Waals surface area contributed by atoms with E-state index in [0.29, 0.717) is 5.69 Å². The van der Waals surface area contributed by atoms with Crippen LogP contribution in [-0.2, 0) is 7.05 Å². The Hall–Kier alpha value is -2.17. The molecule has 5 heteroatoms. The average Bonchev–Trinajstić information content (AvgIpc) is 3.07. The van der Waals surface area contributed by atoms with Gasteiger partial charge < -0.3 is 9.47 Å². The number of halogens is 1. The molecule has 3 rings (SSSR count). The molecule has 4 nitrogen and oxygen atoms in total. The smallest absolute Gasteiger partial charge is 0.272 e. The minimum absolute atomic E-state index is 0.0168. The summed E-state index contributed by atoms with van der Waals surface area (Å²) in [6.07, 6.45) is 5.08. The number of aryl methyl sites for hydroxylation is 1. The van der Waals surface area contributed by atoms with E-state index in [0.717, 1.165) is 24.9 Å². The Morgan fingerprint density at radius 1 is 1.35 bits per heavy atom. The van der Waals surface area contributed by atoms with Crippen LogP contribution in [-0.4, -0.2) is 26.9 Å². The van der Waals surface area contributed by atoms with Gasteiger partial charge in [0.15, 0.2) is 0 Å². The third kappa shape index (κ3) is 2.19. The van der Waals surface area contributed by atoms with Crippen molar-refractivity contribution in [2.45, 2.75) is 18.9 Å². The highest BCUT2D eigenvalue weighted by Crippen LogP contribution is 2.33. The maximum Gasteiger partial charge on any atom is 0.272 e. The Labute approximate surface area is 116 Å². The van der Waals surface area contributed by atoms with Crippen molar-refractivity contribution in [3.8, 4) is 0 Å².